The molecular weight excluding hydrogens is 218 g/mol. The third kappa shape index (κ3) is 3.72. The number of nitrogens with zero attached hydrogens (tertiary/aromatic N) is 1. The van der Waals surface area contributed by atoms with E-state index in [0.717, 1.165) is 0 Å². The van der Waals surface area contributed by atoms with Crippen molar-refractivity contribution in [2.45, 2.75) is 13.3 Å². The minimum atomic E-state index is -1.03. The van der Waals surface area contributed by atoms with E-state index in [1.54, 1.807) is 43.3 Å². The normalized spacial score (nSPS) is 11.3. The summed E-state index contributed by atoms with van der Waals surface area (Å²) in [6, 6.07) is 10.4. The lowest BCUT2D eigenvalue weighted by Gasteiger charge is -2.07. The summed E-state index contributed by atoms with van der Waals surface area (Å²) in [6.07, 6.45) is -0.140. The molecular formula is C13H13NO3. The third-order valence-corrected chi connectivity index (χ3v) is 2.21. The highest BCUT2D eigenvalue weighted by Gasteiger charge is 2.23. The zero-order valence-electron chi connectivity index (χ0n) is 9.55. The quantitative estimate of drug-likeness (QED) is 0.574. The number of hydrogen-bond donors (Lipinski definition) is 0. The van der Waals surface area contributed by atoms with Gasteiger partial charge < -0.3 is 4.74 Å². The van der Waals surface area contributed by atoms with Gasteiger partial charge in [-0.05, 0) is 6.92 Å². The maximum atomic E-state index is 11.8. The fourth-order valence-electron chi connectivity index (χ4n) is 1.35. The van der Waals surface area contributed by atoms with Crippen LogP contribution in [0.3, 0.4) is 0 Å². The average molecular weight is 231 g/mol. The van der Waals surface area contributed by atoms with E-state index in [4.69, 9.17) is 10.00 Å². The van der Waals surface area contributed by atoms with Gasteiger partial charge in [-0.3, -0.25) is 9.59 Å². The average Bonchev–Trinajstić information content (AvgIpc) is 2.37. The van der Waals surface area contributed by atoms with Crippen molar-refractivity contribution in [2.75, 3.05) is 6.61 Å². The molecule has 0 fully saturated rings. The molecule has 88 valence electrons. The summed E-state index contributed by atoms with van der Waals surface area (Å²) >= 11 is 0. The summed E-state index contributed by atoms with van der Waals surface area (Å²) in [4.78, 5) is 23.1. The first-order valence-electron chi connectivity index (χ1n) is 5.33. The van der Waals surface area contributed by atoms with Crippen LogP contribution in [0.4, 0.5) is 0 Å². The summed E-state index contributed by atoms with van der Waals surface area (Å²) in [5.74, 6) is -1.90. The molecule has 1 aromatic rings. The van der Waals surface area contributed by atoms with E-state index in [-0.39, 0.29) is 18.8 Å². The molecule has 1 rings (SSSR count). The number of esters is 1. The first-order valence-corrected chi connectivity index (χ1v) is 5.33. The molecule has 4 heteroatoms. The molecule has 17 heavy (non-hydrogen) atoms. The standard InChI is InChI=1S/C13H13NO3/c1-2-17-13(16)11(9-14)8-12(15)10-6-4-3-5-7-10/h3-7,11H,2,8H2,1H3/t11-/m0/s1. The highest BCUT2D eigenvalue weighted by Crippen LogP contribution is 2.11. The second kappa shape index (κ2) is 6.44. The van der Waals surface area contributed by atoms with E-state index in [9.17, 15) is 9.59 Å². The van der Waals surface area contributed by atoms with Gasteiger partial charge in [-0.25, -0.2) is 0 Å². The van der Waals surface area contributed by atoms with Crippen LogP contribution >= 0.6 is 0 Å². The van der Waals surface area contributed by atoms with E-state index in [0.29, 0.717) is 5.56 Å². The van der Waals surface area contributed by atoms with Crippen LogP contribution in [-0.4, -0.2) is 18.4 Å². The lowest BCUT2D eigenvalue weighted by atomic mass is 9.99. The number of Topliss-reactive ketones (excluding diaryl/α,β-unsaturated/α-hetero) is 1. The van der Waals surface area contributed by atoms with Gasteiger partial charge in [0.15, 0.2) is 11.7 Å². The molecule has 0 heterocycles. The molecule has 0 aromatic heterocycles. The van der Waals surface area contributed by atoms with Crippen LogP contribution in [0.1, 0.15) is 23.7 Å². The van der Waals surface area contributed by atoms with Gasteiger partial charge in [-0.1, -0.05) is 30.3 Å². The van der Waals surface area contributed by atoms with Gasteiger partial charge in [0.2, 0.25) is 0 Å². The van der Waals surface area contributed by atoms with E-state index in [2.05, 4.69) is 0 Å². The van der Waals surface area contributed by atoms with Gasteiger partial charge in [0.1, 0.15) is 0 Å². The zero-order valence-corrected chi connectivity index (χ0v) is 9.55. The van der Waals surface area contributed by atoms with Gasteiger partial charge >= 0.3 is 5.97 Å². The monoisotopic (exact) mass is 231 g/mol. The number of ketones is 1. The predicted molar refractivity (Wildman–Crippen MR) is 61.1 cm³/mol. The number of ether oxygens (including phenoxy) is 1. The van der Waals surface area contributed by atoms with Crippen molar-refractivity contribution in [1.82, 2.24) is 0 Å². The van der Waals surface area contributed by atoms with Crippen molar-refractivity contribution < 1.29 is 14.3 Å². The van der Waals surface area contributed by atoms with Crippen LogP contribution in [0.15, 0.2) is 30.3 Å². The molecule has 0 spiro atoms. The molecule has 0 aliphatic heterocycles. The second-order valence-corrected chi connectivity index (χ2v) is 3.43. The Morgan fingerprint density at radius 3 is 2.53 bits per heavy atom. The van der Waals surface area contributed by atoms with Gasteiger partial charge in [-0.2, -0.15) is 5.26 Å². The summed E-state index contributed by atoms with van der Waals surface area (Å²) < 4.78 is 4.72. The Morgan fingerprint density at radius 2 is 2.00 bits per heavy atom. The lowest BCUT2D eigenvalue weighted by Crippen LogP contribution is -2.19. The number of carbonyl (C=O) groups excluding carboxylic acids is 2. The van der Waals surface area contributed by atoms with Crippen molar-refractivity contribution in [3.05, 3.63) is 35.9 Å². The maximum Gasteiger partial charge on any atom is 0.323 e. The molecule has 0 saturated heterocycles. The van der Waals surface area contributed by atoms with Crippen LogP contribution in [0.25, 0.3) is 0 Å². The minimum absolute atomic E-state index is 0.140. The molecule has 0 amide bonds. The Hall–Kier alpha value is -2.15. The van der Waals surface area contributed by atoms with Crippen molar-refractivity contribution in [3.63, 3.8) is 0 Å². The van der Waals surface area contributed by atoms with E-state index >= 15 is 0 Å². The van der Waals surface area contributed by atoms with Gasteiger partial charge in [0.25, 0.3) is 0 Å². The predicted octanol–water partition coefficient (Wildman–Crippen LogP) is 1.96. The number of rotatable bonds is 5. The fourth-order valence-corrected chi connectivity index (χ4v) is 1.35. The molecule has 0 N–H and O–H groups in total. The van der Waals surface area contributed by atoms with Crippen LogP contribution in [-0.2, 0) is 9.53 Å². The SMILES string of the molecule is CCOC(=O)[C@H](C#N)CC(=O)c1ccccc1. The molecule has 0 saturated carbocycles. The molecule has 0 bridgehead atoms. The van der Waals surface area contributed by atoms with E-state index in [1.165, 1.54) is 0 Å². The zero-order chi connectivity index (χ0) is 12.7. The Kier molecular flexibility index (Phi) is 4.89. The van der Waals surface area contributed by atoms with Gasteiger partial charge in [-0.15, -0.1) is 0 Å². The Morgan fingerprint density at radius 1 is 1.35 bits per heavy atom. The van der Waals surface area contributed by atoms with E-state index in [1.807, 2.05) is 0 Å². The first kappa shape index (κ1) is 12.9. The summed E-state index contributed by atoms with van der Waals surface area (Å²) in [5.41, 5.74) is 0.497. The lowest BCUT2D eigenvalue weighted by molar-refractivity contribution is -0.145. The summed E-state index contributed by atoms with van der Waals surface area (Å²) in [5, 5.41) is 8.82. The second-order valence-electron chi connectivity index (χ2n) is 3.43. The smallest absolute Gasteiger partial charge is 0.323 e. The molecule has 0 radical (unpaired) electrons. The van der Waals surface area contributed by atoms with Crippen LogP contribution < -0.4 is 0 Å². The van der Waals surface area contributed by atoms with Gasteiger partial charge in [0, 0.05) is 12.0 Å². The fraction of sp³-hybridized carbons (Fsp3) is 0.308. The van der Waals surface area contributed by atoms with Crippen molar-refractivity contribution in [2.24, 2.45) is 5.92 Å². The summed E-state index contributed by atoms with van der Waals surface area (Å²) in [6.45, 7) is 1.86. The van der Waals surface area contributed by atoms with Crippen LogP contribution in [0, 0.1) is 17.2 Å². The molecule has 0 aliphatic rings. The van der Waals surface area contributed by atoms with Crippen LogP contribution in [0.5, 0.6) is 0 Å². The largest absolute Gasteiger partial charge is 0.465 e. The van der Waals surface area contributed by atoms with Crippen molar-refractivity contribution in [3.8, 4) is 6.07 Å². The first-order chi connectivity index (χ1) is 8.19. The Balaban J connectivity index is 2.67. The number of benzene rings is 1. The number of carbonyl (C=O) groups is 2. The Labute approximate surface area is 99.8 Å². The molecule has 4 nitrogen and oxygen atoms in total. The molecule has 1 atom stereocenters. The summed E-state index contributed by atoms with van der Waals surface area (Å²) in [7, 11) is 0. The minimum Gasteiger partial charge on any atom is -0.465 e. The molecule has 0 unspecified atom stereocenters. The van der Waals surface area contributed by atoms with Crippen LogP contribution in [0.2, 0.25) is 0 Å². The highest BCUT2D eigenvalue weighted by molar-refractivity contribution is 5.98. The van der Waals surface area contributed by atoms with Gasteiger partial charge in [0.05, 0.1) is 12.7 Å². The van der Waals surface area contributed by atoms with Crippen molar-refractivity contribution in [1.29, 1.82) is 5.26 Å². The number of nitriles is 1. The van der Waals surface area contributed by atoms with Crippen molar-refractivity contribution >= 4 is 11.8 Å². The highest BCUT2D eigenvalue weighted by atomic mass is 16.5. The molecule has 0 aliphatic carbocycles. The Bertz CT molecular complexity index is 434. The maximum absolute atomic E-state index is 11.8. The molecule has 1 aromatic carbocycles. The third-order valence-electron chi connectivity index (χ3n) is 2.21. The number of hydrogen-bond acceptors (Lipinski definition) is 4. The topological polar surface area (TPSA) is 67.2 Å². The van der Waals surface area contributed by atoms with E-state index < -0.39 is 11.9 Å².